The van der Waals surface area contributed by atoms with E-state index in [9.17, 15) is 9.59 Å². The summed E-state index contributed by atoms with van der Waals surface area (Å²) in [6.45, 7) is 5.95. The van der Waals surface area contributed by atoms with E-state index in [1.54, 1.807) is 13.8 Å². The van der Waals surface area contributed by atoms with Gasteiger partial charge in [-0.2, -0.15) is 0 Å². The van der Waals surface area contributed by atoms with Gasteiger partial charge in [0.05, 0.1) is 13.2 Å². The predicted molar refractivity (Wildman–Crippen MR) is 72.4 cm³/mol. The second-order valence-corrected chi connectivity index (χ2v) is 4.54. The second-order valence-electron chi connectivity index (χ2n) is 4.54. The summed E-state index contributed by atoms with van der Waals surface area (Å²) in [5.41, 5.74) is -0.0812. The Bertz CT molecular complexity index is 375. The summed E-state index contributed by atoms with van der Waals surface area (Å²) in [4.78, 5) is 24.3. The summed E-state index contributed by atoms with van der Waals surface area (Å²) < 4.78 is 10.1. The van der Waals surface area contributed by atoms with Gasteiger partial charge in [0.2, 0.25) is 0 Å². The van der Waals surface area contributed by atoms with Crippen LogP contribution in [0.5, 0.6) is 0 Å². The maximum absolute atomic E-state index is 12.1. The Morgan fingerprint density at radius 1 is 1.26 bits per heavy atom. The van der Waals surface area contributed by atoms with Gasteiger partial charge in [-0.15, -0.1) is 0 Å². The minimum Gasteiger partial charge on any atom is -0.465 e. The fourth-order valence-corrected chi connectivity index (χ4v) is 2.21. The second kappa shape index (κ2) is 7.12. The lowest BCUT2D eigenvalue weighted by Crippen LogP contribution is -2.40. The van der Waals surface area contributed by atoms with E-state index in [0.29, 0.717) is 12.8 Å². The van der Waals surface area contributed by atoms with Crippen LogP contribution in [0.2, 0.25) is 0 Å². The molecule has 1 rings (SSSR count). The minimum atomic E-state index is -1.16. The molecule has 0 heterocycles. The van der Waals surface area contributed by atoms with Crippen molar-refractivity contribution < 1.29 is 19.1 Å². The Kier molecular flexibility index (Phi) is 5.80. The molecule has 0 saturated carbocycles. The first-order valence-electron chi connectivity index (χ1n) is 6.74. The fraction of sp³-hybridized carbons (Fsp3) is 0.600. The lowest BCUT2D eigenvalue weighted by Gasteiger charge is -2.24. The Morgan fingerprint density at radius 3 is 2.32 bits per heavy atom. The predicted octanol–water partition coefficient (Wildman–Crippen LogP) is 2.79. The van der Waals surface area contributed by atoms with Crippen molar-refractivity contribution in [3.05, 3.63) is 23.8 Å². The quantitative estimate of drug-likeness (QED) is 0.421. The Morgan fingerprint density at radius 2 is 1.84 bits per heavy atom. The van der Waals surface area contributed by atoms with E-state index >= 15 is 0 Å². The van der Waals surface area contributed by atoms with Gasteiger partial charge in [0.1, 0.15) is 0 Å². The van der Waals surface area contributed by atoms with E-state index < -0.39 is 17.4 Å². The number of hydrogen-bond acceptors (Lipinski definition) is 4. The minimum absolute atomic E-state index is 0.268. The van der Waals surface area contributed by atoms with Crippen LogP contribution in [0.4, 0.5) is 0 Å². The van der Waals surface area contributed by atoms with Crippen LogP contribution in [0, 0.1) is 5.41 Å². The molecular formula is C15H22O4. The molecule has 0 amide bonds. The van der Waals surface area contributed by atoms with Crippen molar-refractivity contribution in [2.24, 2.45) is 5.41 Å². The van der Waals surface area contributed by atoms with Gasteiger partial charge in [-0.3, -0.25) is 9.59 Å². The fourth-order valence-electron chi connectivity index (χ4n) is 2.21. The van der Waals surface area contributed by atoms with Crippen LogP contribution in [0.15, 0.2) is 23.8 Å². The van der Waals surface area contributed by atoms with Crippen LogP contribution in [0.25, 0.3) is 0 Å². The summed E-state index contributed by atoms with van der Waals surface area (Å²) in [5, 5.41) is 0. The van der Waals surface area contributed by atoms with E-state index in [-0.39, 0.29) is 13.2 Å². The van der Waals surface area contributed by atoms with E-state index in [1.165, 1.54) is 0 Å². The highest BCUT2D eigenvalue weighted by Gasteiger charge is 2.50. The molecule has 0 fully saturated rings. The highest BCUT2D eigenvalue weighted by atomic mass is 16.6. The lowest BCUT2D eigenvalue weighted by molar-refractivity contribution is -0.171. The van der Waals surface area contributed by atoms with Crippen molar-refractivity contribution in [1.29, 1.82) is 0 Å². The average Bonchev–Trinajstić information content (AvgIpc) is 2.82. The molecule has 0 saturated heterocycles. The molecule has 0 radical (unpaired) electrons. The zero-order valence-corrected chi connectivity index (χ0v) is 11.9. The molecule has 0 aromatic heterocycles. The lowest BCUT2D eigenvalue weighted by atomic mass is 9.84. The zero-order valence-electron chi connectivity index (χ0n) is 11.9. The van der Waals surface area contributed by atoms with Gasteiger partial charge in [-0.1, -0.05) is 23.8 Å². The molecule has 0 N–H and O–H groups in total. The van der Waals surface area contributed by atoms with Crippen LogP contribution in [0.1, 0.15) is 40.0 Å². The number of carbonyl (C=O) groups excluding carboxylic acids is 2. The first kappa shape index (κ1) is 15.5. The van der Waals surface area contributed by atoms with Crippen LogP contribution in [-0.4, -0.2) is 25.2 Å². The van der Waals surface area contributed by atoms with Crippen molar-refractivity contribution >= 4 is 11.9 Å². The van der Waals surface area contributed by atoms with Gasteiger partial charge in [0.25, 0.3) is 0 Å². The molecule has 0 bridgehead atoms. The summed E-state index contributed by atoms with van der Waals surface area (Å²) in [7, 11) is 0. The van der Waals surface area contributed by atoms with E-state index in [2.05, 4.69) is 0 Å². The summed E-state index contributed by atoms with van der Waals surface area (Å²) in [6.07, 6.45) is 7.45. The van der Waals surface area contributed by atoms with Crippen molar-refractivity contribution in [3.8, 4) is 0 Å². The first-order valence-corrected chi connectivity index (χ1v) is 6.74. The molecule has 106 valence electrons. The Labute approximate surface area is 114 Å². The third kappa shape index (κ3) is 3.46. The molecule has 0 aliphatic heterocycles. The van der Waals surface area contributed by atoms with Crippen molar-refractivity contribution in [2.45, 2.75) is 40.0 Å². The molecule has 0 aromatic rings. The highest BCUT2D eigenvalue weighted by Crippen LogP contribution is 2.41. The standard InChI is InChI=1S/C15H22O4/c1-4-7-8-12-9-10-15(11-12,13(16)18-5-2)14(17)19-6-3/h4,7,9H,5-6,8,10-11H2,1-3H3/b7-4+. The van der Waals surface area contributed by atoms with E-state index in [4.69, 9.17) is 9.47 Å². The summed E-state index contributed by atoms with van der Waals surface area (Å²) in [5.74, 6) is -0.944. The highest BCUT2D eigenvalue weighted by molar-refractivity contribution is 6.01. The van der Waals surface area contributed by atoms with Crippen molar-refractivity contribution in [2.75, 3.05) is 13.2 Å². The monoisotopic (exact) mass is 266 g/mol. The van der Waals surface area contributed by atoms with E-state index in [1.807, 2.05) is 25.2 Å². The van der Waals surface area contributed by atoms with Crippen LogP contribution < -0.4 is 0 Å². The molecule has 1 aliphatic carbocycles. The maximum atomic E-state index is 12.1. The Hall–Kier alpha value is -1.58. The molecular weight excluding hydrogens is 244 g/mol. The number of carbonyl (C=O) groups is 2. The van der Waals surface area contributed by atoms with Gasteiger partial charge >= 0.3 is 11.9 Å². The molecule has 0 aromatic carbocycles. The topological polar surface area (TPSA) is 52.6 Å². The molecule has 19 heavy (non-hydrogen) atoms. The molecule has 4 nitrogen and oxygen atoms in total. The number of rotatable bonds is 6. The van der Waals surface area contributed by atoms with Gasteiger partial charge in [0, 0.05) is 0 Å². The van der Waals surface area contributed by atoms with Gasteiger partial charge in [-0.25, -0.2) is 0 Å². The number of esters is 2. The van der Waals surface area contributed by atoms with Gasteiger partial charge < -0.3 is 9.47 Å². The Balaban J connectivity index is 2.86. The third-order valence-corrected chi connectivity index (χ3v) is 3.22. The smallest absolute Gasteiger partial charge is 0.324 e. The summed E-state index contributed by atoms with van der Waals surface area (Å²) in [6, 6.07) is 0. The normalized spacial score (nSPS) is 17.3. The van der Waals surface area contributed by atoms with Gasteiger partial charge in [0.15, 0.2) is 5.41 Å². The average molecular weight is 266 g/mol. The zero-order chi connectivity index (χ0) is 14.3. The number of allylic oxidation sites excluding steroid dienone is 4. The molecule has 0 unspecified atom stereocenters. The van der Waals surface area contributed by atoms with Crippen LogP contribution >= 0.6 is 0 Å². The summed E-state index contributed by atoms with van der Waals surface area (Å²) >= 11 is 0. The molecule has 0 spiro atoms. The van der Waals surface area contributed by atoms with Crippen LogP contribution in [-0.2, 0) is 19.1 Å². The molecule has 0 atom stereocenters. The molecule has 4 heteroatoms. The van der Waals surface area contributed by atoms with Crippen molar-refractivity contribution in [1.82, 2.24) is 0 Å². The first-order chi connectivity index (χ1) is 9.10. The number of hydrogen-bond donors (Lipinski definition) is 0. The van der Waals surface area contributed by atoms with E-state index in [0.717, 1.165) is 12.0 Å². The maximum Gasteiger partial charge on any atom is 0.324 e. The SMILES string of the molecule is C/C=C/CC1=CCC(C(=O)OCC)(C(=O)OCC)C1. The third-order valence-electron chi connectivity index (χ3n) is 3.22. The van der Waals surface area contributed by atoms with Crippen LogP contribution in [0.3, 0.4) is 0 Å². The molecule has 1 aliphatic rings. The van der Waals surface area contributed by atoms with Crippen molar-refractivity contribution in [3.63, 3.8) is 0 Å². The number of ether oxygens (including phenoxy) is 2. The largest absolute Gasteiger partial charge is 0.465 e. The van der Waals surface area contributed by atoms with Gasteiger partial charge in [-0.05, 0) is 40.0 Å².